The second-order valence-corrected chi connectivity index (χ2v) is 9.50. The standard InChI is InChI=1S/C20H21N7O4S/c1-20(2,25-19(28)13-6-7-23-16(8-13)27-12-22-11-24-27)10-31-15-5-3-4-14-9-32(29,30)26-18(21)17(14)15/h3-8,11-12H,9-10H2,1-2H3,(H2,21,26)(H,25,28). The molecule has 0 bridgehead atoms. The Hall–Kier alpha value is -3.80. The summed E-state index contributed by atoms with van der Waals surface area (Å²) < 4.78 is 34.6. The van der Waals surface area contributed by atoms with E-state index in [0.29, 0.717) is 28.3 Å². The maximum atomic E-state index is 12.8. The number of benzene rings is 1. The number of fused-ring (bicyclic) bond motifs is 1. The summed E-state index contributed by atoms with van der Waals surface area (Å²) >= 11 is 0. The molecule has 0 radical (unpaired) electrons. The molecule has 0 saturated carbocycles. The van der Waals surface area contributed by atoms with Crippen molar-refractivity contribution in [2.45, 2.75) is 25.1 Å². The van der Waals surface area contributed by atoms with Crippen molar-refractivity contribution in [3.05, 3.63) is 65.9 Å². The smallest absolute Gasteiger partial charge is 0.259 e. The van der Waals surface area contributed by atoms with Crippen molar-refractivity contribution in [2.24, 2.45) is 10.1 Å². The van der Waals surface area contributed by atoms with Crippen LogP contribution in [0.4, 0.5) is 0 Å². The van der Waals surface area contributed by atoms with Crippen LogP contribution in [0.25, 0.3) is 5.82 Å². The van der Waals surface area contributed by atoms with E-state index in [0.717, 1.165) is 0 Å². The van der Waals surface area contributed by atoms with E-state index in [2.05, 4.69) is 24.8 Å². The highest BCUT2D eigenvalue weighted by Crippen LogP contribution is 2.28. The molecule has 0 spiro atoms. The SMILES string of the molecule is CC(C)(COc1cccc2c1C(N)=NS(=O)(=O)C2)NC(=O)c1ccnc(-n2cncn2)c1. The van der Waals surface area contributed by atoms with E-state index in [4.69, 9.17) is 10.5 Å². The number of carbonyl (C=O) groups excluding carboxylic acids is 1. The number of aromatic nitrogens is 4. The Kier molecular flexibility index (Phi) is 5.38. The first kappa shape index (κ1) is 21.4. The molecule has 0 fully saturated rings. The van der Waals surface area contributed by atoms with Crippen molar-refractivity contribution >= 4 is 21.8 Å². The Morgan fingerprint density at radius 1 is 1.31 bits per heavy atom. The van der Waals surface area contributed by atoms with Gasteiger partial charge in [0.2, 0.25) is 0 Å². The van der Waals surface area contributed by atoms with Gasteiger partial charge in [0.15, 0.2) is 5.82 Å². The molecule has 1 aliphatic heterocycles. The van der Waals surface area contributed by atoms with Crippen LogP contribution in [0.3, 0.4) is 0 Å². The number of rotatable bonds is 6. The number of nitrogens with zero attached hydrogens (tertiary/aromatic N) is 5. The van der Waals surface area contributed by atoms with Crippen LogP contribution in [0.5, 0.6) is 5.75 Å². The fraction of sp³-hybridized carbons (Fsp3) is 0.250. The minimum atomic E-state index is -3.64. The van der Waals surface area contributed by atoms with Gasteiger partial charge in [-0.3, -0.25) is 4.79 Å². The van der Waals surface area contributed by atoms with Crippen LogP contribution in [0.2, 0.25) is 0 Å². The third-order valence-electron chi connectivity index (χ3n) is 4.65. The number of ether oxygens (including phenoxy) is 1. The molecule has 2 aromatic heterocycles. The summed E-state index contributed by atoms with van der Waals surface area (Å²) in [7, 11) is -3.64. The van der Waals surface area contributed by atoms with Crippen molar-refractivity contribution in [1.29, 1.82) is 0 Å². The molecule has 1 aromatic carbocycles. The van der Waals surface area contributed by atoms with Crippen LogP contribution < -0.4 is 15.8 Å². The molecule has 0 saturated heterocycles. The lowest BCUT2D eigenvalue weighted by Crippen LogP contribution is -2.48. The second-order valence-electron chi connectivity index (χ2n) is 7.86. The van der Waals surface area contributed by atoms with Crippen LogP contribution >= 0.6 is 0 Å². The third-order valence-corrected chi connectivity index (χ3v) is 5.80. The van der Waals surface area contributed by atoms with Crippen molar-refractivity contribution in [1.82, 2.24) is 25.1 Å². The molecule has 3 heterocycles. The molecule has 0 aliphatic carbocycles. The molecule has 12 heteroatoms. The van der Waals surface area contributed by atoms with E-state index in [1.807, 2.05) is 13.8 Å². The molecule has 11 nitrogen and oxygen atoms in total. The molecule has 3 N–H and O–H groups in total. The summed E-state index contributed by atoms with van der Waals surface area (Å²) in [6.07, 6.45) is 4.38. The van der Waals surface area contributed by atoms with Gasteiger partial charge in [-0.2, -0.15) is 5.10 Å². The number of hydrogen-bond donors (Lipinski definition) is 2. The number of nitrogens with two attached hydrogens (primary N) is 1. The van der Waals surface area contributed by atoms with Gasteiger partial charge in [-0.25, -0.2) is 23.1 Å². The second kappa shape index (κ2) is 8.04. The van der Waals surface area contributed by atoms with Crippen molar-refractivity contribution in [2.75, 3.05) is 6.61 Å². The molecular weight excluding hydrogens is 434 g/mol. The van der Waals surface area contributed by atoms with Gasteiger partial charge in [-0.05, 0) is 37.6 Å². The molecular formula is C20H21N7O4S. The number of pyridine rings is 1. The zero-order valence-corrected chi connectivity index (χ0v) is 18.2. The number of carbonyl (C=O) groups is 1. The molecule has 166 valence electrons. The van der Waals surface area contributed by atoms with Gasteiger partial charge in [0.25, 0.3) is 15.9 Å². The van der Waals surface area contributed by atoms with Gasteiger partial charge >= 0.3 is 0 Å². The van der Waals surface area contributed by atoms with Gasteiger partial charge in [-0.1, -0.05) is 12.1 Å². The number of nitrogens with one attached hydrogen (secondary N) is 1. The third kappa shape index (κ3) is 4.59. The van der Waals surface area contributed by atoms with Crippen LogP contribution in [0, 0.1) is 0 Å². The summed E-state index contributed by atoms with van der Waals surface area (Å²) in [6.45, 7) is 3.72. The predicted molar refractivity (Wildman–Crippen MR) is 116 cm³/mol. The number of amides is 1. The highest BCUT2D eigenvalue weighted by molar-refractivity contribution is 7.89. The fourth-order valence-electron chi connectivity index (χ4n) is 3.22. The molecule has 0 unspecified atom stereocenters. The molecule has 4 rings (SSSR count). The summed E-state index contributed by atoms with van der Waals surface area (Å²) in [6, 6.07) is 8.25. The zero-order chi connectivity index (χ0) is 22.9. The average Bonchev–Trinajstić information content (AvgIpc) is 3.26. The largest absolute Gasteiger partial charge is 0.490 e. The molecule has 1 amide bonds. The Morgan fingerprint density at radius 2 is 2.12 bits per heavy atom. The Labute approximate surface area is 184 Å². The molecule has 3 aromatic rings. The first-order valence-electron chi connectivity index (χ1n) is 9.60. The molecule has 32 heavy (non-hydrogen) atoms. The van der Waals surface area contributed by atoms with Crippen molar-refractivity contribution in [3.8, 4) is 11.6 Å². The Balaban J connectivity index is 1.47. The summed E-state index contributed by atoms with van der Waals surface area (Å²) in [5.41, 5.74) is 6.49. The monoisotopic (exact) mass is 455 g/mol. The average molecular weight is 456 g/mol. The minimum Gasteiger partial charge on any atom is -0.490 e. The van der Waals surface area contributed by atoms with E-state index < -0.39 is 15.6 Å². The van der Waals surface area contributed by atoms with Gasteiger partial charge in [0.05, 0.1) is 16.9 Å². The van der Waals surface area contributed by atoms with E-state index in [-0.39, 0.29) is 24.1 Å². The highest BCUT2D eigenvalue weighted by atomic mass is 32.2. The predicted octanol–water partition coefficient (Wildman–Crippen LogP) is 0.798. The molecule has 1 aliphatic rings. The lowest BCUT2D eigenvalue weighted by molar-refractivity contribution is 0.0880. The normalized spacial score (nSPS) is 14.9. The van der Waals surface area contributed by atoms with Gasteiger partial charge in [0, 0.05) is 11.8 Å². The Morgan fingerprint density at radius 3 is 2.88 bits per heavy atom. The maximum absolute atomic E-state index is 12.8. The van der Waals surface area contributed by atoms with E-state index in [9.17, 15) is 13.2 Å². The van der Waals surface area contributed by atoms with E-state index in [1.54, 1.807) is 30.3 Å². The van der Waals surface area contributed by atoms with Gasteiger partial charge < -0.3 is 15.8 Å². The Bertz CT molecular complexity index is 1300. The minimum absolute atomic E-state index is 0.107. The summed E-state index contributed by atoms with van der Waals surface area (Å²) in [4.78, 5) is 20.9. The highest BCUT2D eigenvalue weighted by Gasteiger charge is 2.27. The zero-order valence-electron chi connectivity index (χ0n) is 17.4. The number of hydrogen-bond acceptors (Lipinski definition) is 8. The summed E-state index contributed by atoms with van der Waals surface area (Å²) in [5.74, 6) is 0.199. The van der Waals surface area contributed by atoms with E-state index >= 15 is 0 Å². The summed E-state index contributed by atoms with van der Waals surface area (Å²) in [5, 5.41) is 6.93. The van der Waals surface area contributed by atoms with Crippen LogP contribution in [0.15, 0.2) is 53.6 Å². The first-order valence-corrected chi connectivity index (χ1v) is 11.2. The van der Waals surface area contributed by atoms with Gasteiger partial charge in [0.1, 0.15) is 30.8 Å². The van der Waals surface area contributed by atoms with Crippen LogP contribution in [-0.4, -0.2) is 52.1 Å². The van der Waals surface area contributed by atoms with Crippen LogP contribution in [-0.2, 0) is 15.8 Å². The van der Waals surface area contributed by atoms with Crippen molar-refractivity contribution < 1.29 is 17.9 Å². The quantitative estimate of drug-likeness (QED) is 0.553. The van der Waals surface area contributed by atoms with E-state index in [1.165, 1.54) is 23.5 Å². The first-order chi connectivity index (χ1) is 15.1. The van der Waals surface area contributed by atoms with Crippen LogP contribution in [0.1, 0.15) is 35.3 Å². The fourth-order valence-corrected chi connectivity index (χ4v) is 4.31. The molecule has 0 atom stereocenters. The number of sulfonamides is 1. The van der Waals surface area contributed by atoms with Crippen molar-refractivity contribution in [3.63, 3.8) is 0 Å². The maximum Gasteiger partial charge on any atom is 0.259 e. The number of amidine groups is 1. The van der Waals surface area contributed by atoms with Gasteiger partial charge in [-0.15, -0.1) is 4.40 Å². The lowest BCUT2D eigenvalue weighted by atomic mass is 10.0. The lowest BCUT2D eigenvalue weighted by Gasteiger charge is -2.27. The topological polar surface area (TPSA) is 154 Å².